The Balaban J connectivity index is 1.56. The first-order valence-electron chi connectivity index (χ1n) is 8.14. The van der Waals surface area contributed by atoms with E-state index in [9.17, 15) is 9.59 Å². The molecule has 1 N–H and O–H groups in total. The van der Waals surface area contributed by atoms with Crippen LogP contribution in [0.25, 0.3) is 22.2 Å². The Bertz CT molecular complexity index is 1170. The largest absolute Gasteiger partial charge is 0.300 e. The standard InChI is InChI=1S/C18H14N6O2S/c1-11(24-17(26)13-6-2-3-7-14(13)22-23-24)16(25)21-18-20-15(10-27-18)12-5-4-8-19-9-12/h2-11H,1H3,(H,20,21,25). The van der Waals surface area contributed by atoms with Gasteiger partial charge in [-0.25, -0.2) is 4.98 Å². The van der Waals surface area contributed by atoms with Crippen LogP contribution in [0.1, 0.15) is 13.0 Å². The molecule has 0 spiro atoms. The molecule has 1 unspecified atom stereocenters. The molecule has 0 radical (unpaired) electrons. The van der Waals surface area contributed by atoms with Crippen molar-refractivity contribution >= 4 is 33.3 Å². The van der Waals surface area contributed by atoms with Crippen LogP contribution in [0.15, 0.2) is 59.0 Å². The summed E-state index contributed by atoms with van der Waals surface area (Å²) in [7, 11) is 0. The highest BCUT2D eigenvalue weighted by atomic mass is 32.1. The molecule has 0 aliphatic heterocycles. The van der Waals surface area contributed by atoms with Crippen molar-refractivity contribution in [2.75, 3.05) is 5.32 Å². The molecular formula is C18H14N6O2S. The summed E-state index contributed by atoms with van der Waals surface area (Å²) in [5.41, 5.74) is 1.71. The van der Waals surface area contributed by atoms with Crippen LogP contribution in [0.4, 0.5) is 5.13 Å². The van der Waals surface area contributed by atoms with Crippen molar-refractivity contribution in [2.24, 2.45) is 0 Å². The minimum atomic E-state index is -0.833. The second-order valence-electron chi connectivity index (χ2n) is 5.80. The zero-order chi connectivity index (χ0) is 18.8. The number of carbonyl (C=O) groups is 1. The number of anilines is 1. The number of hydrogen-bond donors (Lipinski definition) is 1. The van der Waals surface area contributed by atoms with Crippen LogP contribution in [0.2, 0.25) is 0 Å². The Labute approximate surface area is 157 Å². The van der Waals surface area contributed by atoms with Crippen molar-refractivity contribution < 1.29 is 4.79 Å². The van der Waals surface area contributed by atoms with E-state index in [-0.39, 0.29) is 5.56 Å². The van der Waals surface area contributed by atoms with Crippen molar-refractivity contribution in [1.82, 2.24) is 25.0 Å². The van der Waals surface area contributed by atoms with E-state index >= 15 is 0 Å². The fourth-order valence-electron chi connectivity index (χ4n) is 2.55. The summed E-state index contributed by atoms with van der Waals surface area (Å²) in [5, 5.41) is 13.3. The summed E-state index contributed by atoms with van der Waals surface area (Å²) in [6.45, 7) is 1.59. The molecule has 134 valence electrons. The zero-order valence-electron chi connectivity index (χ0n) is 14.2. The Kier molecular flexibility index (Phi) is 4.43. The average molecular weight is 378 g/mol. The third-order valence-corrected chi connectivity index (χ3v) is 4.79. The third kappa shape index (κ3) is 3.32. The maximum Gasteiger partial charge on any atom is 0.278 e. The molecule has 1 atom stereocenters. The molecule has 0 fully saturated rings. The first-order chi connectivity index (χ1) is 13.1. The molecule has 27 heavy (non-hydrogen) atoms. The minimum Gasteiger partial charge on any atom is -0.300 e. The Hall–Kier alpha value is -3.46. The number of fused-ring (bicyclic) bond motifs is 1. The molecule has 0 aliphatic rings. The lowest BCUT2D eigenvalue weighted by Crippen LogP contribution is -2.34. The van der Waals surface area contributed by atoms with E-state index in [2.05, 4.69) is 25.6 Å². The predicted molar refractivity (Wildman–Crippen MR) is 102 cm³/mol. The quantitative estimate of drug-likeness (QED) is 0.585. The molecule has 0 saturated heterocycles. The van der Waals surface area contributed by atoms with Crippen LogP contribution in [-0.4, -0.2) is 30.9 Å². The zero-order valence-corrected chi connectivity index (χ0v) is 15.1. The van der Waals surface area contributed by atoms with E-state index in [0.29, 0.717) is 16.0 Å². The van der Waals surface area contributed by atoms with Gasteiger partial charge in [0.15, 0.2) is 5.13 Å². The monoisotopic (exact) mass is 378 g/mol. The number of benzene rings is 1. The lowest BCUT2D eigenvalue weighted by atomic mass is 10.2. The van der Waals surface area contributed by atoms with Crippen LogP contribution < -0.4 is 10.9 Å². The molecule has 1 amide bonds. The van der Waals surface area contributed by atoms with Gasteiger partial charge in [-0.2, -0.15) is 4.68 Å². The highest BCUT2D eigenvalue weighted by molar-refractivity contribution is 7.14. The van der Waals surface area contributed by atoms with Crippen molar-refractivity contribution in [3.63, 3.8) is 0 Å². The van der Waals surface area contributed by atoms with Gasteiger partial charge in [-0.15, -0.1) is 16.4 Å². The van der Waals surface area contributed by atoms with Gasteiger partial charge in [-0.05, 0) is 31.2 Å². The van der Waals surface area contributed by atoms with Gasteiger partial charge in [0.1, 0.15) is 11.6 Å². The number of aromatic nitrogens is 5. The number of amides is 1. The van der Waals surface area contributed by atoms with E-state index in [1.165, 1.54) is 11.3 Å². The average Bonchev–Trinajstić information content (AvgIpc) is 3.17. The molecular weight excluding hydrogens is 364 g/mol. The lowest BCUT2D eigenvalue weighted by molar-refractivity contribution is -0.119. The van der Waals surface area contributed by atoms with Crippen molar-refractivity contribution in [3.8, 4) is 11.3 Å². The second-order valence-corrected chi connectivity index (χ2v) is 6.66. The van der Waals surface area contributed by atoms with E-state index in [4.69, 9.17) is 0 Å². The van der Waals surface area contributed by atoms with Crippen molar-refractivity contribution in [1.29, 1.82) is 0 Å². The fraction of sp³-hybridized carbons (Fsp3) is 0.111. The van der Waals surface area contributed by atoms with Crippen molar-refractivity contribution in [2.45, 2.75) is 13.0 Å². The molecule has 0 saturated carbocycles. The van der Waals surface area contributed by atoms with Gasteiger partial charge in [0.25, 0.3) is 11.5 Å². The number of hydrogen-bond acceptors (Lipinski definition) is 7. The number of nitrogens with one attached hydrogen (secondary N) is 1. The molecule has 1 aromatic carbocycles. The summed E-state index contributed by atoms with van der Waals surface area (Å²) >= 11 is 1.30. The van der Waals surface area contributed by atoms with Crippen LogP contribution in [0.5, 0.6) is 0 Å². The van der Waals surface area contributed by atoms with Gasteiger partial charge in [0, 0.05) is 23.3 Å². The molecule has 9 heteroatoms. The summed E-state index contributed by atoms with van der Waals surface area (Å²) in [5.74, 6) is -0.395. The molecule has 4 rings (SSSR count). The Morgan fingerprint density at radius 3 is 2.89 bits per heavy atom. The van der Waals surface area contributed by atoms with Crippen LogP contribution in [0.3, 0.4) is 0 Å². The van der Waals surface area contributed by atoms with E-state index < -0.39 is 11.9 Å². The SMILES string of the molecule is CC(C(=O)Nc1nc(-c2cccnc2)cs1)n1nnc2ccccc2c1=O. The number of pyridine rings is 1. The molecule has 4 aromatic rings. The van der Waals surface area contributed by atoms with Gasteiger partial charge in [0.05, 0.1) is 11.1 Å². The van der Waals surface area contributed by atoms with E-state index in [0.717, 1.165) is 15.9 Å². The first kappa shape index (κ1) is 17.0. The molecule has 0 bridgehead atoms. The lowest BCUT2D eigenvalue weighted by Gasteiger charge is -2.12. The minimum absolute atomic E-state index is 0.363. The van der Waals surface area contributed by atoms with Crippen LogP contribution in [0, 0.1) is 0 Å². The topological polar surface area (TPSA) is 103 Å². The number of thiazole rings is 1. The van der Waals surface area contributed by atoms with Gasteiger partial charge in [-0.3, -0.25) is 14.6 Å². The molecule has 3 aromatic heterocycles. The van der Waals surface area contributed by atoms with Crippen molar-refractivity contribution in [3.05, 3.63) is 64.5 Å². The normalized spacial score (nSPS) is 12.0. The maximum absolute atomic E-state index is 12.6. The van der Waals surface area contributed by atoms with Gasteiger partial charge < -0.3 is 5.32 Å². The highest BCUT2D eigenvalue weighted by Crippen LogP contribution is 2.24. The summed E-state index contributed by atoms with van der Waals surface area (Å²) in [6.07, 6.45) is 3.38. The van der Waals surface area contributed by atoms with Crippen LogP contribution >= 0.6 is 11.3 Å². The van der Waals surface area contributed by atoms with Gasteiger partial charge in [0.2, 0.25) is 0 Å². The summed E-state index contributed by atoms with van der Waals surface area (Å²) in [6, 6.07) is 9.76. The molecule has 0 aliphatic carbocycles. The summed E-state index contributed by atoms with van der Waals surface area (Å²) < 4.78 is 1.08. The fourth-order valence-corrected chi connectivity index (χ4v) is 3.28. The van der Waals surface area contributed by atoms with Crippen LogP contribution in [-0.2, 0) is 4.79 Å². The van der Waals surface area contributed by atoms with E-state index in [1.54, 1.807) is 43.6 Å². The molecule has 3 heterocycles. The van der Waals surface area contributed by atoms with E-state index in [1.807, 2.05) is 17.5 Å². The van der Waals surface area contributed by atoms with Gasteiger partial charge in [-0.1, -0.05) is 17.3 Å². The first-order valence-corrected chi connectivity index (χ1v) is 9.02. The number of carbonyl (C=O) groups excluding carboxylic acids is 1. The smallest absolute Gasteiger partial charge is 0.278 e. The highest BCUT2D eigenvalue weighted by Gasteiger charge is 2.20. The Morgan fingerprint density at radius 2 is 2.07 bits per heavy atom. The predicted octanol–water partition coefficient (Wildman–Crippen LogP) is 2.51. The maximum atomic E-state index is 12.6. The molecule has 8 nitrogen and oxygen atoms in total. The Morgan fingerprint density at radius 1 is 1.22 bits per heavy atom. The van der Waals surface area contributed by atoms with Gasteiger partial charge >= 0.3 is 0 Å². The second kappa shape index (κ2) is 7.04. The third-order valence-electron chi connectivity index (χ3n) is 4.03. The number of nitrogens with zero attached hydrogens (tertiary/aromatic N) is 5. The summed E-state index contributed by atoms with van der Waals surface area (Å²) in [4.78, 5) is 33.6. The number of rotatable bonds is 4.